The molecule has 1 heterocycles. The van der Waals surface area contributed by atoms with Crippen molar-refractivity contribution >= 4 is 34.2 Å². The number of benzene rings is 1. The van der Waals surface area contributed by atoms with Gasteiger partial charge in [0.2, 0.25) is 0 Å². The minimum atomic E-state index is -0.614. The molecule has 0 unspecified atom stereocenters. The lowest BCUT2D eigenvalue weighted by Gasteiger charge is -2.12. The molecule has 0 fully saturated rings. The summed E-state index contributed by atoms with van der Waals surface area (Å²) >= 11 is 0.966. The summed E-state index contributed by atoms with van der Waals surface area (Å²) < 4.78 is 15.4. The fourth-order valence-electron chi connectivity index (χ4n) is 2.67. The number of aryl methyl sites for hydroxylation is 2. The van der Waals surface area contributed by atoms with Gasteiger partial charge in [-0.05, 0) is 44.4 Å². The molecule has 0 aliphatic heterocycles. The van der Waals surface area contributed by atoms with Crippen LogP contribution in [-0.4, -0.2) is 38.2 Å². The smallest absolute Gasteiger partial charge is 0.348 e. The SMILES string of the molecule is CCOC(=O)c1c(NC(=O)COc2c(C)cccc2C)sc(C(=O)OC)c1C. The van der Waals surface area contributed by atoms with E-state index in [1.54, 1.807) is 13.8 Å². The first-order valence-corrected chi connectivity index (χ1v) is 9.49. The average molecular weight is 405 g/mol. The van der Waals surface area contributed by atoms with Crippen LogP contribution in [0.3, 0.4) is 0 Å². The summed E-state index contributed by atoms with van der Waals surface area (Å²) in [5.74, 6) is -1.01. The van der Waals surface area contributed by atoms with Crippen LogP contribution in [0.25, 0.3) is 0 Å². The normalized spacial score (nSPS) is 10.3. The zero-order valence-corrected chi connectivity index (χ0v) is 17.3. The van der Waals surface area contributed by atoms with Gasteiger partial charge in [0.15, 0.2) is 6.61 Å². The van der Waals surface area contributed by atoms with Crippen molar-refractivity contribution in [1.29, 1.82) is 0 Å². The predicted molar refractivity (Wildman–Crippen MR) is 106 cm³/mol. The summed E-state index contributed by atoms with van der Waals surface area (Å²) in [4.78, 5) is 36.9. The molecule has 0 bridgehead atoms. The van der Waals surface area contributed by atoms with Crippen molar-refractivity contribution in [2.45, 2.75) is 27.7 Å². The van der Waals surface area contributed by atoms with Gasteiger partial charge in [-0.3, -0.25) is 4.79 Å². The highest BCUT2D eigenvalue weighted by molar-refractivity contribution is 7.18. The van der Waals surface area contributed by atoms with Gasteiger partial charge in [-0.1, -0.05) is 18.2 Å². The maximum Gasteiger partial charge on any atom is 0.348 e. The second-order valence-electron chi connectivity index (χ2n) is 6.03. The van der Waals surface area contributed by atoms with E-state index in [0.717, 1.165) is 22.5 Å². The van der Waals surface area contributed by atoms with Gasteiger partial charge in [0, 0.05) is 0 Å². The molecule has 2 rings (SSSR count). The third-order valence-corrected chi connectivity index (χ3v) is 5.19. The summed E-state index contributed by atoms with van der Waals surface area (Å²) in [7, 11) is 1.25. The van der Waals surface area contributed by atoms with Crippen LogP contribution in [0.2, 0.25) is 0 Å². The number of nitrogens with one attached hydrogen (secondary N) is 1. The van der Waals surface area contributed by atoms with Crippen molar-refractivity contribution in [2.24, 2.45) is 0 Å². The lowest BCUT2D eigenvalue weighted by molar-refractivity contribution is -0.118. The number of hydrogen-bond acceptors (Lipinski definition) is 7. The van der Waals surface area contributed by atoms with Gasteiger partial charge in [0.05, 0.1) is 19.3 Å². The first-order valence-electron chi connectivity index (χ1n) is 8.67. The quantitative estimate of drug-likeness (QED) is 0.707. The topological polar surface area (TPSA) is 90.9 Å². The van der Waals surface area contributed by atoms with E-state index in [9.17, 15) is 14.4 Å². The number of anilines is 1. The molecule has 1 amide bonds. The number of thiophene rings is 1. The third-order valence-electron chi connectivity index (χ3n) is 4.01. The Labute approximate surface area is 167 Å². The Kier molecular flexibility index (Phi) is 7.17. The van der Waals surface area contributed by atoms with Crippen LogP contribution in [0.1, 0.15) is 43.6 Å². The summed E-state index contributed by atoms with van der Waals surface area (Å²) in [6, 6.07) is 5.70. The molecule has 1 N–H and O–H groups in total. The molecule has 0 saturated heterocycles. The van der Waals surface area contributed by atoms with E-state index >= 15 is 0 Å². The lowest BCUT2D eigenvalue weighted by Crippen LogP contribution is -2.21. The van der Waals surface area contributed by atoms with E-state index in [0.29, 0.717) is 11.3 Å². The minimum Gasteiger partial charge on any atom is -0.483 e. The maximum atomic E-state index is 12.4. The fraction of sp³-hybridized carbons (Fsp3) is 0.350. The standard InChI is InChI=1S/C20H23NO6S/c1-6-26-19(23)15-13(4)17(20(24)25-5)28-18(15)21-14(22)10-27-16-11(2)8-7-9-12(16)3/h7-9H,6,10H2,1-5H3,(H,21,22). The van der Waals surface area contributed by atoms with Crippen LogP contribution < -0.4 is 10.1 Å². The number of methoxy groups -OCH3 is 1. The van der Waals surface area contributed by atoms with Crippen molar-refractivity contribution in [3.63, 3.8) is 0 Å². The van der Waals surface area contributed by atoms with Crippen LogP contribution in [0.15, 0.2) is 18.2 Å². The number of ether oxygens (including phenoxy) is 3. The molecule has 2 aromatic rings. The molecule has 0 aliphatic carbocycles. The van der Waals surface area contributed by atoms with Crippen molar-refractivity contribution < 1.29 is 28.6 Å². The zero-order valence-electron chi connectivity index (χ0n) is 16.5. The molecule has 0 aliphatic rings. The molecule has 7 nitrogen and oxygen atoms in total. The molecule has 150 valence electrons. The van der Waals surface area contributed by atoms with Gasteiger partial charge in [0.25, 0.3) is 5.91 Å². The second kappa shape index (κ2) is 9.36. The zero-order chi connectivity index (χ0) is 20.8. The van der Waals surface area contributed by atoms with Gasteiger partial charge >= 0.3 is 11.9 Å². The second-order valence-corrected chi connectivity index (χ2v) is 7.05. The molecule has 0 spiro atoms. The predicted octanol–water partition coefficient (Wildman–Crippen LogP) is 3.65. The summed E-state index contributed by atoms with van der Waals surface area (Å²) in [6.45, 7) is 7.01. The fourth-order valence-corrected chi connectivity index (χ4v) is 3.79. The van der Waals surface area contributed by atoms with E-state index in [-0.39, 0.29) is 28.7 Å². The summed E-state index contributed by atoms with van der Waals surface area (Å²) in [5, 5.41) is 2.87. The number of rotatable bonds is 7. The molecule has 8 heteroatoms. The van der Waals surface area contributed by atoms with Gasteiger partial charge in [-0.2, -0.15) is 0 Å². The number of carbonyl (C=O) groups is 3. The molecular weight excluding hydrogens is 382 g/mol. The Morgan fingerprint density at radius 2 is 1.71 bits per heavy atom. The van der Waals surface area contributed by atoms with Crippen LogP contribution in [0.5, 0.6) is 5.75 Å². The van der Waals surface area contributed by atoms with Crippen molar-refractivity contribution in [3.05, 3.63) is 45.3 Å². The number of para-hydroxylation sites is 1. The first-order chi connectivity index (χ1) is 13.3. The molecular formula is C20H23NO6S. The van der Waals surface area contributed by atoms with E-state index in [2.05, 4.69) is 5.32 Å². The number of hydrogen-bond donors (Lipinski definition) is 1. The Morgan fingerprint density at radius 3 is 2.29 bits per heavy atom. The van der Waals surface area contributed by atoms with E-state index in [1.807, 2.05) is 32.0 Å². The number of esters is 2. The van der Waals surface area contributed by atoms with Crippen LogP contribution in [-0.2, 0) is 14.3 Å². The number of carbonyl (C=O) groups excluding carboxylic acids is 3. The third kappa shape index (κ3) is 4.69. The molecule has 0 radical (unpaired) electrons. The van der Waals surface area contributed by atoms with E-state index in [4.69, 9.17) is 14.2 Å². The van der Waals surface area contributed by atoms with Gasteiger partial charge in [-0.15, -0.1) is 11.3 Å². The maximum absolute atomic E-state index is 12.4. The monoisotopic (exact) mass is 405 g/mol. The van der Waals surface area contributed by atoms with Gasteiger partial charge in [0.1, 0.15) is 15.6 Å². The molecule has 1 aromatic carbocycles. The highest BCUT2D eigenvalue weighted by atomic mass is 32.1. The Balaban J connectivity index is 2.22. The van der Waals surface area contributed by atoms with Crippen LogP contribution >= 0.6 is 11.3 Å². The summed E-state index contributed by atoms with van der Waals surface area (Å²) in [5.41, 5.74) is 2.38. The minimum absolute atomic E-state index is 0.146. The largest absolute Gasteiger partial charge is 0.483 e. The van der Waals surface area contributed by atoms with Crippen molar-refractivity contribution in [1.82, 2.24) is 0 Å². The Hall–Kier alpha value is -2.87. The average Bonchev–Trinajstić information content (AvgIpc) is 2.96. The Bertz CT molecular complexity index is 882. The van der Waals surface area contributed by atoms with Crippen molar-refractivity contribution in [3.8, 4) is 5.75 Å². The number of amides is 1. The van der Waals surface area contributed by atoms with Gasteiger partial charge < -0.3 is 19.5 Å². The van der Waals surface area contributed by atoms with Crippen LogP contribution in [0, 0.1) is 20.8 Å². The van der Waals surface area contributed by atoms with Crippen molar-refractivity contribution in [2.75, 3.05) is 25.6 Å². The highest BCUT2D eigenvalue weighted by Gasteiger charge is 2.27. The molecule has 28 heavy (non-hydrogen) atoms. The van der Waals surface area contributed by atoms with Gasteiger partial charge in [-0.25, -0.2) is 9.59 Å². The highest BCUT2D eigenvalue weighted by Crippen LogP contribution is 2.34. The molecule has 1 aromatic heterocycles. The molecule has 0 atom stereocenters. The molecule has 0 saturated carbocycles. The van der Waals surface area contributed by atoms with Crippen LogP contribution in [0.4, 0.5) is 5.00 Å². The lowest BCUT2D eigenvalue weighted by atomic mass is 10.1. The Morgan fingerprint density at radius 1 is 1.07 bits per heavy atom. The van der Waals surface area contributed by atoms with E-state index in [1.165, 1.54) is 7.11 Å². The summed E-state index contributed by atoms with van der Waals surface area (Å²) in [6.07, 6.45) is 0. The van der Waals surface area contributed by atoms with E-state index < -0.39 is 17.8 Å². The first kappa shape index (κ1) is 21.4.